The lowest BCUT2D eigenvalue weighted by Gasteiger charge is -2.31. The second-order valence-corrected chi connectivity index (χ2v) is 8.64. The number of guanidine groups is 1. The van der Waals surface area contributed by atoms with Crippen molar-refractivity contribution in [2.24, 2.45) is 4.99 Å². The molecule has 1 aliphatic heterocycles. The van der Waals surface area contributed by atoms with Gasteiger partial charge < -0.3 is 5.32 Å². The second kappa shape index (κ2) is 8.64. The minimum absolute atomic E-state index is 0.719. The number of nitrogens with one attached hydrogen (secondary N) is 1. The average molecular weight is 448 g/mol. The molecule has 0 spiro atoms. The molecule has 1 heterocycles. The topological polar surface area (TPSA) is 27.6 Å². The molecule has 5 rings (SSSR count). The van der Waals surface area contributed by atoms with Gasteiger partial charge in [-0.15, -0.1) is 0 Å². The molecule has 0 saturated heterocycles. The summed E-state index contributed by atoms with van der Waals surface area (Å²) in [5, 5.41) is 3.56. The Hall–Kier alpha value is -3.76. The first-order chi connectivity index (χ1) is 16.1. The van der Waals surface area contributed by atoms with E-state index in [9.17, 15) is 0 Å². The van der Waals surface area contributed by atoms with Crippen molar-refractivity contribution >= 4 is 34.5 Å². The molecule has 0 radical (unpaired) electrons. The largest absolute Gasteiger partial charge is 0.326 e. The van der Waals surface area contributed by atoms with Gasteiger partial charge in [-0.05, 0) is 48.2 Å². The number of aliphatic imine (C=N–C) groups is 1. The molecule has 4 aromatic rings. The summed E-state index contributed by atoms with van der Waals surface area (Å²) >= 11 is 6.30. The highest BCUT2D eigenvalue weighted by Gasteiger charge is 2.49. The smallest absolute Gasteiger partial charge is 0.209 e. The predicted octanol–water partition coefficient (Wildman–Crippen LogP) is 6.86. The van der Waals surface area contributed by atoms with Gasteiger partial charge in [0.2, 0.25) is 5.96 Å². The average Bonchev–Trinajstić information content (AvgIpc) is 3.13. The lowest BCUT2D eigenvalue weighted by Crippen LogP contribution is -2.42. The molecule has 0 bridgehead atoms. The number of nitrogens with zero attached hydrogens (tertiary/aromatic N) is 2. The van der Waals surface area contributed by atoms with E-state index < -0.39 is 5.54 Å². The number of para-hydroxylation sites is 2. The molecular formula is C29H25N3S. The van der Waals surface area contributed by atoms with Crippen LogP contribution in [0.15, 0.2) is 114 Å². The monoisotopic (exact) mass is 447 g/mol. The minimum Gasteiger partial charge on any atom is -0.326 e. The Morgan fingerprint density at radius 3 is 1.67 bits per heavy atom. The van der Waals surface area contributed by atoms with E-state index in [1.807, 2.05) is 66.7 Å². The molecule has 1 N–H and O–H groups in total. The van der Waals surface area contributed by atoms with Crippen LogP contribution < -0.4 is 10.2 Å². The highest BCUT2D eigenvalue weighted by Crippen LogP contribution is 2.44. The highest BCUT2D eigenvalue weighted by molar-refractivity contribution is 7.81. The number of hydrogen-bond donors (Lipinski definition) is 1. The Morgan fingerprint density at radius 2 is 1.15 bits per heavy atom. The fourth-order valence-corrected chi connectivity index (χ4v) is 4.98. The van der Waals surface area contributed by atoms with Crippen molar-refractivity contribution in [1.82, 2.24) is 0 Å². The van der Waals surface area contributed by atoms with Crippen LogP contribution in [0.3, 0.4) is 0 Å². The zero-order chi connectivity index (χ0) is 22.8. The maximum Gasteiger partial charge on any atom is 0.209 e. The van der Waals surface area contributed by atoms with Crippen LogP contribution in [0.1, 0.15) is 22.3 Å². The molecule has 0 aliphatic carbocycles. The van der Waals surface area contributed by atoms with Gasteiger partial charge in [-0.2, -0.15) is 0 Å². The standard InChI is InChI=1S/C29H25N3S/c1-21-13-12-14-22(2)26(21)32-27(33)29(23-15-6-3-7-16-23,24-17-8-4-9-18-24)31-28(32)30-25-19-10-5-11-20-25/h3-20H,1-2H3,(H,30,31). The summed E-state index contributed by atoms with van der Waals surface area (Å²) < 4.78 is 0. The zero-order valence-electron chi connectivity index (χ0n) is 18.7. The highest BCUT2D eigenvalue weighted by atomic mass is 32.1. The maximum atomic E-state index is 6.30. The van der Waals surface area contributed by atoms with Crippen molar-refractivity contribution in [2.75, 3.05) is 10.2 Å². The quantitative estimate of drug-likeness (QED) is 0.346. The molecular weight excluding hydrogens is 422 g/mol. The fraction of sp³-hybridized carbons (Fsp3) is 0.103. The SMILES string of the molecule is Cc1cccc(C)c1N1C(=S)C(c2ccccc2)(c2ccccc2)N=C1Nc1ccccc1. The van der Waals surface area contributed by atoms with Gasteiger partial charge in [0.1, 0.15) is 4.99 Å². The second-order valence-electron chi connectivity index (χ2n) is 8.25. The van der Waals surface area contributed by atoms with Gasteiger partial charge in [-0.25, -0.2) is 4.99 Å². The number of benzene rings is 4. The molecule has 162 valence electrons. The normalized spacial score (nSPS) is 14.8. The lowest BCUT2D eigenvalue weighted by molar-refractivity contribution is 0.755. The Labute approximate surface area is 200 Å². The van der Waals surface area contributed by atoms with Gasteiger partial charge in [-0.3, -0.25) is 4.90 Å². The molecule has 3 nitrogen and oxygen atoms in total. The van der Waals surface area contributed by atoms with E-state index >= 15 is 0 Å². The van der Waals surface area contributed by atoms with Gasteiger partial charge in [0.05, 0.1) is 5.69 Å². The number of anilines is 2. The maximum absolute atomic E-state index is 6.30. The molecule has 0 atom stereocenters. The molecule has 1 aliphatic rings. The van der Waals surface area contributed by atoms with Crippen LogP contribution >= 0.6 is 12.2 Å². The lowest BCUT2D eigenvalue weighted by atomic mass is 9.83. The van der Waals surface area contributed by atoms with E-state index in [1.54, 1.807) is 0 Å². The minimum atomic E-state index is -0.816. The van der Waals surface area contributed by atoms with Crippen molar-refractivity contribution in [1.29, 1.82) is 0 Å². The van der Waals surface area contributed by atoms with E-state index in [2.05, 4.69) is 66.5 Å². The third-order valence-corrected chi connectivity index (χ3v) is 6.55. The number of rotatable bonds is 4. The van der Waals surface area contributed by atoms with Gasteiger partial charge in [0.25, 0.3) is 0 Å². The van der Waals surface area contributed by atoms with E-state index in [4.69, 9.17) is 17.2 Å². The summed E-state index contributed by atoms with van der Waals surface area (Å²) in [7, 11) is 0. The summed E-state index contributed by atoms with van der Waals surface area (Å²) in [6.45, 7) is 4.24. The Balaban J connectivity index is 1.77. The van der Waals surface area contributed by atoms with Crippen molar-refractivity contribution in [3.63, 3.8) is 0 Å². The summed E-state index contributed by atoms with van der Waals surface area (Å²) in [4.78, 5) is 8.22. The molecule has 0 unspecified atom stereocenters. The Bertz CT molecular complexity index is 1260. The number of thiocarbonyl (C=S) groups is 1. The summed E-state index contributed by atoms with van der Waals surface area (Å²) in [5.74, 6) is 0.719. The first kappa shape index (κ1) is 21.1. The molecule has 4 heteroatoms. The van der Waals surface area contributed by atoms with Crippen molar-refractivity contribution < 1.29 is 0 Å². The van der Waals surface area contributed by atoms with Gasteiger partial charge >= 0.3 is 0 Å². The first-order valence-electron chi connectivity index (χ1n) is 11.0. The number of hydrogen-bond acceptors (Lipinski definition) is 3. The fourth-order valence-electron chi connectivity index (χ4n) is 4.52. The van der Waals surface area contributed by atoms with Crippen LogP contribution in [-0.4, -0.2) is 10.9 Å². The molecule has 33 heavy (non-hydrogen) atoms. The Kier molecular flexibility index (Phi) is 5.53. The third kappa shape index (κ3) is 3.62. The van der Waals surface area contributed by atoms with Gasteiger partial charge in [0.15, 0.2) is 5.54 Å². The van der Waals surface area contributed by atoms with Crippen LogP contribution in [0.25, 0.3) is 0 Å². The van der Waals surface area contributed by atoms with Crippen molar-refractivity contribution in [2.45, 2.75) is 19.4 Å². The summed E-state index contributed by atoms with van der Waals surface area (Å²) in [6, 6.07) is 37.1. The van der Waals surface area contributed by atoms with Crippen molar-refractivity contribution in [3.05, 3.63) is 131 Å². The molecule has 0 fully saturated rings. The van der Waals surface area contributed by atoms with Crippen LogP contribution in [0.2, 0.25) is 0 Å². The molecule has 4 aromatic carbocycles. The molecule has 0 saturated carbocycles. The summed E-state index contributed by atoms with van der Waals surface area (Å²) in [6.07, 6.45) is 0. The van der Waals surface area contributed by atoms with E-state index in [0.717, 1.165) is 44.6 Å². The first-order valence-corrected chi connectivity index (χ1v) is 11.5. The van der Waals surface area contributed by atoms with Crippen molar-refractivity contribution in [3.8, 4) is 0 Å². The van der Waals surface area contributed by atoms with Crippen LogP contribution in [0.5, 0.6) is 0 Å². The molecule has 0 aromatic heterocycles. The van der Waals surface area contributed by atoms with Crippen LogP contribution in [0.4, 0.5) is 11.4 Å². The molecule has 0 amide bonds. The van der Waals surface area contributed by atoms with E-state index in [0.29, 0.717) is 0 Å². The zero-order valence-corrected chi connectivity index (χ0v) is 19.5. The van der Waals surface area contributed by atoms with E-state index in [-0.39, 0.29) is 0 Å². The third-order valence-electron chi connectivity index (χ3n) is 6.07. The summed E-state index contributed by atoms with van der Waals surface area (Å²) in [5.41, 5.74) is 5.60. The van der Waals surface area contributed by atoms with Crippen LogP contribution in [-0.2, 0) is 5.54 Å². The van der Waals surface area contributed by atoms with Gasteiger partial charge in [-0.1, -0.05) is 109 Å². The van der Waals surface area contributed by atoms with Crippen LogP contribution in [0, 0.1) is 13.8 Å². The predicted molar refractivity (Wildman–Crippen MR) is 142 cm³/mol. The number of aryl methyl sites for hydroxylation is 2. The Morgan fingerprint density at radius 1 is 0.667 bits per heavy atom. The van der Waals surface area contributed by atoms with Gasteiger partial charge in [0, 0.05) is 5.69 Å². The van der Waals surface area contributed by atoms with E-state index in [1.165, 1.54) is 0 Å².